The maximum absolute atomic E-state index is 12.0. The molecular weight excluding hydrogens is 421 g/mol. The largest absolute Gasteiger partial charge is 0.379 e. The van der Waals surface area contributed by atoms with Crippen molar-refractivity contribution in [2.75, 3.05) is 45.9 Å². The number of nitrogens with one attached hydrogen (secondary N) is 2. The first-order valence-electron chi connectivity index (χ1n) is 8.26. The molecule has 2 N–H and O–H groups in total. The first kappa shape index (κ1) is 19.1. The zero-order valence-electron chi connectivity index (χ0n) is 13.7. The van der Waals surface area contributed by atoms with E-state index < -0.39 is 0 Å². The average molecular weight is 445 g/mol. The maximum Gasteiger partial charge on any atom is 0.252 e. The molecule has 1 heterocycles. The number of carbonyl (C=O) groups excluding carboxylic acids is 2. The monoisotopic (exact) mass is 445 g/mol. The van der Waals surface area contributed by atoms with E-state index in [2.05, 4.69) is 38.1 Å². The van der Waals surface area contributed by atoms with E-state index in [1.165, 1.54) is 0 Å². The number of halogens is 1. The Hall–Kier alpha value is -1.19. The second-order valence-electron chi connectivity index (χ2n) is 5.67. The highest BCUT2D eigenvalue weighted by molar-refractivity contribution is 14.1. The van der Waals surface area contributed by atoms with E-state index >= 15 is 0 Å². The lowest BCUT2D eigenvalue weighted by Crippen LogP contribution is -2.38. The number of benzene rings is 1. The topological polar surface area (TPSA) is 70.7 Å². The third-order valence-electron chi connectivity index (χ3n) is 3.85. The zero-order chi connectivity index (χ0) is 17.2. The predicted molar refractivity (Wildman–Crippen MR) is 101 cm³/mol. The molecule has 0 spiro atoms. The number of hydrogen-bond donors (Lipinski definition) is 2. The number of nitrogens with zero attached hydrogens (tertiary/aromatic N) is 1. The summed E-state index contributed by atoms with van der Waals surface area (Å²) in [6.07, 6.45) is 1.99. The van der Waals surface area contributed by atoms with Gasteiger partial charge >= 0.3 is 0 Å². The minimum atomic E-state index is -0.220. The van der Waals surface area contributed by atoms with Crippen LogP contribution in [0.25, 0.3) is 0 Å². The van der Waals surface area contributed by atoms with Crippen LogP contribution in [-0.4, -0.2) is 62.7 Å². The third kappa shape index (κ3) is 6.74. The van der Waals surface area contributed by atoms with Crippen LogP contribution in [-0.2, 0) is 9.53 Å². The lowest BCUT2D eigenvalue weighted by atomic mass is 10.2. The van der Waals surface area contributed by atoms with Crippen LogP contribution in [0.15, 0.2) is 24.3 Å². The van der Waals surface area contributed by atoms with E-state index in [0.717, 1.165) is 49.3 Å². The maximum atomic E-state index is 12.0. The molecule has 0 radical (unpaired) electrons. The Morgan fingerprint density at radius 3 is 2.62 bits per heavy atom. The molecule has 1 aliphatic rings. The van der Waals surface area contributed by atoms with Crippen LogP contribution in [0.3, 0.4) is 0 Å². The van der Waals surface area contributed by atoms with Crippen molar-refractivity contribution in [3.63, 3.8) is 0 Å². The summed E-state index contributed by atoms with van der Waals surface area (Å²) in [7, 11) is 0. The van der Waals surface area contributed by atoms with Gasteiger partial charge < -0.3 is 15.4 Å². The summed E-state index contributed by atoms with van der Waals surface area (Å²) in [4.78, 5) is 26.2. The number of hydrogen-bond acceptors (Lipinski definition) is 4. The summed E-state index contributed by atoms with van der Waals surface area (Å²) in [5.74, 6) is -0.372. The molecule has 1 fully saturated rings. The average Bonchev–Trinajstić information content (AvgIpc) is 2.60. The minimum absolute atomic E-state index is 0.00721. The van der Waals surface area contributed by atoms with E-state index in [1.807, 2.05) is 18.2 Å². The minimum Gasteiger partial charge on any atom is -0.379 e. The molecule has 1 aromatic carbocycles. The molecule has 1 aromatic rings. The van der Waals surface area contributed by atoms with Crippen LogP contribution < -0.4 is 10.6 Å². The SMILES string of the molecule is O=C(CNC(=O)c1ccccc1I)NCCCCN1CCOCC1. The van der Waals surface area contributed by atoms with Gasteiger partial charge in [-0.05, 0) is 54.1 Å². The summed E-state index contributed by atoms with van der Waals surface area (Å²) in [5, 5.41) is 5.50. The summed E-state index contributed by atoms with van der Waals surface area (Å²) in [6.45, 7) is 5.32. The Kier molecular flexibility index (Phi) is 8.48. The third-order valence-corrected chi connectivity index (χ3v) is 4.80. The van der Waals surface area contributed by atoms with E-state index in [4.69, 9.17) is 4.74 Å². The summed E-state index contributed by atoms with van der Waals surface area (Å²) >= 11 is 2.11. The fraction of sp³-hybridized carbons (Fsp3) is 0.529. The van der Waals surface area contributed by atoms with Crippen LogP contribution in [0.2, 0.25) is 0 Å². The Morgan fingerprint density at radius 1 is 1.12 bits per heavy atom. The van der Waals surface area contributed by atoms with Crippen LogP contribution >= 0.6 is 22.6 Å². The normalized spacial score (nSPS) is 15.0. The van der Waals surface area contributed by atoms with Crippen LogP contribution in [0.5, 0.6) is 0 Å². The quantitative estimate of drug-likeness (QED) is 0.467. The van der Waals surface area contributed by atoms with Gasteiger partial charge in [0.2, 0.25) is 5.91 Å². The van der Waals surface area contributed by atoms with Crippen molar-refractivity contribution in [2.24, 2.45) is 0 Å². The number of unbranched alkanes of at least 4 members (excludes halogenated alkanes) is 1. The molecule has 24 heavy (non-hydrogen) atoms. The molecule has 1 saturated heterocycles. The van der Waals surface area contributed by atoms with E-state index in [9.17, 15) is 9.59 Å². The number of carbonyl (C=O) groups is 2. The second-order valence-corrected chi connectivity index (χ2v) is 6.84. The fourth-order valence-corrected chi connectivity index (χ4v) is 3.11. The Labute approximate surface area is 156 Å². The van der Waals surface area contributed by atoms with Crippen LogP contribution in [0.1, 0.15) is 23.2 Å². The summed E-state index contributed by atoms with van der Waals surface area (Å²) in [6, 6.07) is 7.30. The molecule has 132 valence electrons. The van der Waals surface area contributed by atoms with Crippen molar-refractivity contribution in [3.8, 4) is 0 Å². The Morgan fingerprint density at radius 2 is 1.88 bits per heavy atom. The smallest absolute Gasteiger partial charge is 0.252 e. The lowest BCUT2D eigenvalue weighted by molar-refractivity contribution is -0.120. The Bertz CT molecular complexity index is 548. The molecule has 2 amide bonds. The molecule has 0 unspecified atom stereocenters. The van der Waals surface area contributed by atoms with Gasteiger partial charge in [-0.3, -0.25) is 14.5 Å². The van der Waals surface area contributed by atoms with Gasteiger partial charge in [-0.25, -0.2) is 0 Å². The standard InChI is InChI=1S/C17H24IN3O3/c18-15-6-2-1-5-14(15)17(23)20-13-16(22)19-7-3-4-8-21-9-11-24-12-10-21/h1-2,5-6H,3-4,7-13H2,(H,19,22)(H,20,23). The molecule has 0 atom stereocenters. The first-order valence-corrected chi connectivity index (χ1v) is 9.34. The highest BCUT2D eigenvalue weighted by atomic mass is 127. The van der Waals surface area contributed by atoms with E-state index in [1.54, 1.807) is 6.07 Å². The van der Waals surface area contributed by atoms with Crippen LogP contribution in [0, 0.1) is 3.57 Å². The molecule has 2 rings (SSSR count). The van der Waals surface area contributed by atoms with Crippen molar-refractivity contribution in [1.29, 1.82) is 0 Å². The summed E-state index contributed by atoms with van der Waals surface area (Å²) in [5.41, 5.74) is 0.594. The van der Waals surface area contributed by atoms with E-state index in [0.29, 0.717) is 12.1 Å². The number of amides is 2. The fourth-order valence-electron chi connectivity index (χ4n) is 2.48. The highest BCUT2D eigenvalue weighted by Gasteiger charge is 2.11. The van der Waals surface area contributed by atoms with Gasteiger partial charge in [0, 0.05) is 23.2 Å². The molecule has 6 nitrogen and oxygen atoms in total. The zero-order valence-corrected chi connectivity index (χ0v) is 15.9. The number of rotatable bonds is 8. The van der Waals surface area contributed by atoms with Gasteiger partial charge in [0.25, 0.3) is 5.91 Å². The van der Waals surface area contributed by atoms with Crippen molar-refractivity contribution in [3.05, 3.63) is 33.4 Å². The van der Waals surface area contributed by atoms with Crippen LogP contribution in [0.4, 0.5) is 0 Å². The van der Waals surface area contributed by atoms with Crippen molar-refractivity contribution in [1.82, 2.24) is 15.5 Å². The molecular formula is C17H24IN3O3. The van der Waals surface area contributed by atoms with Gasteiger partial charge in [-0.15, -0.1) is 0 Å². The van der Waals surface area contributed by atoms with Gasteiger partial charge in [-0.2, -0.15) is 0 Å². The molecule has 0 aliphatic carbocycles. The predicted octanol–water partition coefficient (Wildman–Crippen LogP) is 1.25. The molecule has 0 aromatic heterocycles. The second kappa shape index (κ2) is 10.6. The number of ether oxygens (including phenoxy) is 1. The van der Waals surface area contributed by atoms with Gasteiger partial charge in [0.05, 0.1) is 25.3 Å². The molecule has 7 heteroatoms. The van der Waals surface area contributed by atoms with Gasteiger partial charge in [0.1, 0.15) is 0 Å². The Balaban J connectivity index is 1.55. The van der Waals surface area contributed by atoms with Crippen molar-refractivity contribution < 1.29 is 14.3 Å². The van der Waals surface area contributed by atoms with Crippen molar-refractivity contribution in [2.45, 2.75) is 12.8 Å². The number of morpholine rings is 1. The lowest BCUT2D eigenvalue weighted by Gasteiger charge is -2.26. The van der Waals surface area contributed by atoms with Crippen molar-refractivity contribution >= 4 is 34.4 Å². The first-order chi connectivity index (χ1) is 11.7. The van der Waals surface area contributed by atoms with Gasteiger partial charge in [-0.1, -0.05) is 12.1 Å². The molecule has 0 saturated carbocycles. The van der Waals surface area contributed by atoms with E-state index in [-0.39, 0.29) is 18.4 Å². The summed E-state index contributed by atoms with van der Waals surface area (Å²) < 4.78 is 6.18. The molecule has 1 aliphatic heterocycles. The highest BCUT2D eigenvalue weighted by Crippen LogP contribution is 2.10. The molecule has 0 bridgehead atoms. The van der Waals surface area contributed by atoms with Gasteiger partial charge in [0.15, 0.2) is 0 Å².